The lowest BCUT2D eigenvalue weighted by Crippen LogP contribution is -2.29. The molecule has 0 saturated carbocycles. The highest BCUT2D eigenvalue weighted by molar-refractivity contribution is 7.18. The van der Waals surface area contributed by atoms with E-state index in [2.05, 4.69) is 36.1 Å². The van der Waals surface area contributed by atoms with Gasteiger partial charge in [-0.3, -0.25) is 5.32 Å². The van der Waals surface area contributed by atoms with Crippen molar-refractivity contribution in [3.05, 3.63) is 29.3 Å². The van der Waals surface area contributed by atoms with E-state index in [1.54, 1.807) is 11.3 Å². The molecule has 2 nitrogen and oxygen atoms in total. The van der Waals surface area contributed by atoms with Crippen molar-refractivity contribution in [2.75, 3.05) is 0 Å². The van der Waals surface area contributed by atoms with Crippen LogP contribution in [-0.2, 0) is 0 Å². The molecule has 1 N–H and O–H groups in total. The van der Waals surface area contributed by atoms with Gasteiger partial charge in [-0.1, -0.05) is 25.0 Å². The molecular weight excluding hydrogens is 228 g/mol. The molecule has 0 bridgehead atoms. The van der Waals surface area contributed by atoms with Gasteiger partial charge in [-0.2, -0.15) is 0 Å². The van der Waals surface area contributed by atoms with E-state index >= 15 is 0 Å². The van der Waals surface area contributed by atoms with Crippen LogP contribution in [0, 0.1) is 12.3 Å². The third-order valence-corrected chi connectivity index (χ3v) is 3.96. The maximum atomic E-state index is 5.46. The summed E-state index contributed by atoms with van der Waals surface area (Å²) in [6.45, 7) is 4.19. The Balaban J connectivity index is 2.19. The van der Waals surface area contributed by atoms with Gasteiger partial charge in [-0.05, 0) is 25.5 Å². The van der Waals surface area contributed by atoms with Gasteiger partial charge in [0.1, 0.15) is 5.01 Å². The Morgan fingerprint density at radius 1 is 1.47 bits per heavy atom. The lowest BCUT2D eigenvalue weighted by atomic mass is 10.2. The van der Waals surface area contributed by atoms with Gasteiger partial charge in [0.05, 0.1) is 22.3 Å². The zero-order valence-electron chi connectivity index (χ0n) is 10.1. The molecule has 0 fully saturated rings. The molecule has 3 heteroatoms. The normalized spacial score (nSPS) is 14.4. The molecule has 2 aromatic rings. The summed E-state index contributed by atoms with van der Waals surface area (Å²) in [6.07, 6.45) is 6.39. The average Bonchev–Trinajstić information content (AvgIpc) is 2.79. The van der Waals surface area contributed by atoms with Gasteiger partial charge in [0.15, 0.2) is 0 Å². The minimum atomic E-state index is 0.122. The topological polar surface area (TPSA) is 24.9 Å². The summed E-state index contributed by atoms with van der Waals surface area (Å²) in [6, 6.07) is 8.52. The van der Waals surface area contributed by atoms with Crippen LogP contribution in [0.25, 0.3) is 10.2 Å². The summed E-state index contributed by atoms with van der Waals surface area (Å²) in [5.74, 6) is 2.75. The molecule has 17 heavy (non-hydrogen) atoms. The van der Waals surface area contributed by atoms with Crippen LogP contribution in [0.2, 0.25) is 0 Å². The van der Waals surface area contributed by atoms with Gasteiger partial charge in [-0.25, -0.2) is 4.98 Å². The Hall–Kier alpha value is -1.37. The zero-order valence-corrected chi connectivity index (χ0v) is 10.9. The first-order chi connectivity index (χ1) is 8.24. The quantitative estimate of drug-likeness (QED) is 0.834. The molecule has 2 unspecified atom stereocenters. The van der Waals surface area contributed by atoms with Gasteiger partial charge in [0.25, 0.3) is 0 Å². The standard InChI is InChI=1S/C14H16N2S/c1-4-11(5-2)15-10(3)14-16-12-8-6-7-9-13(12)17-14/h1,6-11,15H,5H2,2-3H3. The van der Waals surface area contributed by atoms with Crippen LogP contribution in [0.1, 0.15) is 31.3 Å². The Kier molecular flexibility index (Phi) is 3.78. The number of hydrogen-bond donors (Lipinski definition) is 1. The Morgan fingerprint density at radius 3 is 2.88 bits per heavy atom. The van der Waals surface area contributed by atoms with Crippen LogP contribution < -0.4 is 5.32 Å². The van der Waals surface area contributed by atoms with Crippen molar-refractivity contribution in [1.82, 2.24) is 10.3 Å². The maximum Gasteiger partial charge on any atom is 0.111 e. The molecular formula is C14H16N2S. The predicted octanol–water partition coefficient (Wildman–Crippen LogP) is 3.36. The van der Waals surface area contributed by atoms with E-state index in [4.69, 9.17) is 6.42 Å². The molecule has 2 atom stereocenters. The number of nitrogens with one attached hydrogen (secondary N) is 1. The minimum absolute atomic E-state index is 0.122. The first-order valence-corrected chi connectivity index (χ1v) is 6.64. The van der Waals surface area contributed by atoms with Gasteiger partial charge in [0.2, 0.25) is 0 Å². The smallest absolute Gasteiger partial charge is 0.111 e. The fraction of sp³-hybridized carbons (Fsp3) is 0.357. The summed E-state index contributed by atoms with van der Waals surface area (Å²) in [5.41, 5.74) is 1.06. The number of nitrogens with zero attached hydrogens (tertiary/aromatic N) is 1. The number of terminal acetylenes is 1. The summed E-state index contributed by atoms with van der Waals surface area (Å²) in [5, 5.41) is 4.50. The summed E-state index contributed by atoms with van der Waals surface area (Å²) in [7, 11) is 0. The molecule has 0 spiro atoms. The molecule has 0 saturated heterocycles. The minimum Gasteiger partial charge on any atom is -0.295 e. The number of thiazole rings is 1. The number of rotatable bonds is 4. The third-order valence-electron chi connectivity index (χ3n) is 2.74. The fourth-order valence-electron chi connectivity index (χ4n) is 1.73. The van der Waals surface area contributed by atoms with Gasteiger partial charge in [0, 0.05) is 0 Å². The number of hydrogen-bond acceptors (Lipinski definition) is 3. The number of fused-ring (bicyclic) bond motifs is 1. The van der Waals surface area contributed by atoms with Crippen LogP contribution in [0.15, 0.2) is 24.3 Å². The van der Waals surface area contributed by atoms with Crippen molar-refractivity contribution < 1.29 is 0 Å². The molecule has 0 radical (unpaired) electrons. The maximum absolute atomic E-state index is 5.46. The van der Waals surface area contributed by atoms with E-state index in [9.17, 15) is 0 Å². The van der Waals surface area contributed by atoms with E-state index in [-0.39, 0.29) is 12.1 Å². The Bertz CT molecular complexity index is 505. The second-order valence-corrected chi connectivity index (χ2v) is 5.10. The van der Waals surface area contributed by atoms with Crippen LogP contribution in [0.4, 0.5) is 0 Å². The van der Waals surface area contributed by atoms with Crippen LogP contribution in [0.5, 0.6) is 0 Å². The molecule has 1 heterocycles. The van der Waals surface area contributed by atoms with E-state index in [1.165, 1.54) is 4.70 Å². The van der Waals surface area contributed by atoms with Gasteiger partial charge >= 0.3 is 0 Å². The SMILES string of the molecule is C#CC(CC)NC(C)c1nc2ccccc2s1. The molecule has 2 rings (SSSR count). The van der Waals surface area contributed by atoms with E-state index in [0.717, 1.165) is 16.9 Å². The van der Waals surface area contributed by atoms with Gasteiger partial charge < -0.3 is 0 Å². The largest absolute Gasteiger partial charge is 0.295 e. The predicted molar refractivity (Wildman–Crippen MR) is 74.1 cm³/mol. The first-order valence-electron chi connectivity index (χ1n) is 5.82. The summed E-state index contributed by atoms with van der Waals surface area (Å²) in [4.78, 5) is 4.62. The van der Waals surface area contributed by atoms with Crippen molar-refractivity contribution in [3.8, 4) is 12.3 Å². The van der Waals surface area contributed by atoms with Crippen molar-refractivity contribution in [2.45, 2.75) is 32.4 Å². The van der Waals surface area contributed by atoms with E-state index in [0.29, 0.717) is 0 Å². The molecule has 88 valence electrons. The molecule has 0 aliphatic heterocycles. The summed E-state index contributed by atoms with van der Waals surface area (Å²) >= 11 is 1.73. The number of para-hydroxylation sites is 1. The Morgan fingerprint density at radius 2 is 2.24 bits per heavy atom. The molecule has 0 aliphatic rings. The monoisotopic (exact) mass is 244 g/mol. The first kappa shape index (κ1) is 12.1. The van der Waals surface area contributed by atoms with Crippen molar-refractivity contribution in [3.63, 3.8) is 0 Å². The molecule has 0 amide bonds. The molecule has 1 aromatic heterocycles. The van der Waals surface area contributed by atoms with Gasteiger partial charge in [-0.15, -0.1) is 17.8 Å². The number of benzene rings is 1. The summed E-state index contributed by atoms with van der Waals surface area (Å²) < 4.78 is 1.23. The number of aromatic nitrogens is 1. The van der Waals surface area contributed by atoms with Crippen LogP contribution in [0.3, 0.4) is 0 Å². The highest BCUT2D eigenvalue weighted by atomic mass is 32.1. The third kappa shape index (κ3) is 2.66. The zero-order chi connectivity index (χ0) is 12.3. The van der Waals surface area contributed by atoms with Crippen molar-refractivity contribution in [1.29, 1.82) is 0 Å². The van der Waals surface area contributed by atoms with E-state index in [1.807, 2.05) is 18.2 Å². The van der Waals surface area contributed by atoms with E-state index < -0.39 is 0 Å². The lowest BCUT2D eigenvalue weighted by Gasteiger charge is -2.15. The van der Waals surface area contributed by atoms with Crippen LogP contribution >= 0.6 is 11.3 Å². The average molecular weight is 244 g/mol. The van der Waals surface area contributed by atoms with Crippen LogP contribution in [-0.4, -0.2) is 11.0 Å². The van der Waals surface area contributed by atoms with Crippen molar-refractivity contribution in [2.24, 2.45) is 0 Å². The second kappa shape index (κ2) is 5.31. The highest BCUT2D eigenvalue weighted by Gasteiger charge is 2.13. The molecule has 1 aromatic carbocycles. The lowest BCUT2D eigenvalue weighted by molar-refractivity contribution is 0.511. The van der Waals surface area contributed by atoms with Crippen molar-refractivity contribution >= 4 is 21.6 Å². The highest BCUT2D eigenvalue weighted by Crippen LogP contribution is 2.26. The fourth-order valence-corrected chi connectivity index (χ4v) is 2.71. The second-order valence-electron chi connectivity index (χ2n) is 4.04. The molecule has 0 aliphatic carbocycles. The Labute approximate surface area is 106 Å².